The normalized spacial score (nSPS) is 20.6. The van der Waals surface area contributed by atoms with Crippen molar-refractivity contribution < 1.29 is 27.1 Å². The number of hydrogen-bond donors (Lipinski definition) is 0. The van der Waals surface area contributed by atoms with Gasteiger partial charge in [0.2, 0.25) is 0 Å². The molecule has 1 aromatic rings. The van der Waals surface area contributed by atoms with Crippen LogP contribution >= 0.6 is 0 Å². The molecule has 1 saturated heterocycles. The van der Waals surface area contributed by atoms with Crippen LogP contribution in [0.5, 0.6) is 0 Å². The summed E-state index contributed by atoms with van der Waals surface area (Å²) >= 11 is 0. The number of esters is 1. The lowest BCUT2D eigenvalue weighted by Crippen LogP contribution is -2.39. The molecule has 1 aliphatic rings. The molecular weight excluding hydrogens is 325 g/mol. The average Bonchev–Trinajstić information content (AvgIpc) is 2.66. The molecule has 1 atom stereocenters. The van der Waals surface area contributed by atoms with E-state index in [9.17, 15) is 22.4 Å². The monoisotopic (exact) mass is 343 g/mol. The smallest absolute Gasteiger partial charge is 0.397 e. The Labute approximate surface area is 134 Å². The summed E-state index contributed by atoms with van der Waals surface area (Å²) in [6.45, 7) is 1.58. The number of rotatable bonds is 2. The van der Waals surface area contributed by atoms with Gasteiger partial charge in [0.15, 0.2) is 9.84 Å². The number of sulfone groups is 1. The van der Waals surface area contributed by atoms with Crippen LogP contribution in [-0.4, -0.2) is 50.6 Å². The van der Waals surface area contributed by atoms with Crippen molar-refractivity contribution in [1.29, 1.82) is 0 Å². The van der Waals surface area contributed by atoms with Crippen molar-refractivity contribution in [2.24, 2.45) is 0 Å². The maximum absolute atomic E-state index is 13.9. The second-order valence-electron chi connectivity index (χ2n) is 5.18. The standard InChI is InChI=1S/C15H18FNO5S/c1-2-22-15(19)14(18)17-8-7-13(23(20,21)10-9-17)11-5-3-4-6-12(11)16/h3-6,13H,2,7-10H2,1H3. The lowest BCUT2D eigenvalue weighted by atomic mass is 10.1. The Balaban J connectivity index is 2.22. The molecule has 8 heteroatoms. The van der Waals surface area contributed by atoms with E-state index in [4.69, 9.17) is 0 Å². The Kier molecular flexibility index (Phi) is 5.35. The number of nitrogens with zero attached hydrogens (tertiary/aromatic N) is 1. The molecule has 2 rings (SSSR count). The van der Waals surface area contributed by atoms with Crippen LogP contribution in [0.1, 0.15) is 24.2 Å². The van der Waals surface area contributed by atoms with Gasteiger partial charge in [0.1, 0.15) is 5.82 Å². The lowest BCUT2D eigenvalue weighted by molar-refractivity contribution is -0.159. The Morgan fingerprint density at radius 3 is 2.65 bits per heavy atom. The summed E-state index contributed by atoms with van der Waals surface area (Å²) in [5.41, 5.74) is 0.0953. The van der Waals surface area contributed by atoms with Gasteiger partial charge >= 0.3 is 11.9 Å². The summed E-state index contributed by atoms with van der Waals surface area (Å²) in [4.78, 5) is 24.6. The van der Waals surface area contributed by atoms with Gasteiger partial charge in [-0.25, -0.2) is 17.6 Å². The first-order valence-electron chi connectivity index (χ1n) is 7.29. The van der Waals surface area contributed by atoms with E-state index < -0.39 is 32.8 Å². The van der Waals surface area contributed by atoms with Gasteiger partial charge in [-0.05, 0) is 19.4 Å². The molecule has 0 aromatic heterocycles. The molecule has 1 aliphatic heterocycles. The Morgan fingerprint density at radius 2 is 2.00 bits per heavy atom. The van der Waals surface area contributed by atoms with Gasteiger partial charge in [-0.15, -0.1) is 0 Å². The van der Waals surface area contributed by atoms with Gasteiger partial charge in [0.05, 0.1) is 17.6 Å². The minimum absolute atomic E-state index is 0.0361. The fourth-order valence-corrected chi connectivity index (χ4v) is 4.36. The zero-order valence-corrected chi connectivity index (χ0v) is 13.5. The number of benzene rings is 1. The molecule has 1 heterocycles. The first kappa shape index (κ1) is 17.4. The SMILES string of the molecule is CCOC(=O)C(=O)N1CCC(c2ccccc2F)S(=O)(=O)CC1. The topological polar surface area (TPSA) is 80.8 Å². The second kappa shape index (κ2) is 7.08. The van der Waals surface area contributed by atoms with Crippen molar-refractivity contribution in [3.8, 4) is 0 Å². The number of carbonyl (C=O) groups excluding carboxylic acids is 2. The van der Waals surface area contributed by atoms with E-state index in [2.05, 4.69) is 4.74 Å². The van der Waals surface area contributed by atoms with Gasteiger partial charge in [0.25, 0.3) is 0 Å². The first-order valence-corrected chi connectivity index (χ1v) is 9.00. The fraction of sp³-hybridized carbons (Fsp3) is 0.467. The van der Waals surface area contributed by atoms with Crippen LogP contribution in [0.4, 0.5) is 4.39 Å². The molecule has 23 heavy (non-hydrogen) atoms. The summed E-state index contributed by atoms with van der Waals surface area (Å²) in [5.74, 6) is -2.78. The van der Waals surface area contributed by atoms with Crippen molar-refractivity contribution in [2.45, 2.75) is 18.6 Å². The van der Waals surface area contributed by atoms with E-state index in [1.807, 2.05) is 0 Å². The van der Waals surface area contributed by atoms with Gasteiger partial charge in [-0.2, -0.15) is 0 Å². The van der Waals surface area contributed by atoms with E-state index in [-0.39, 0.29) is 37.4 Å². The molecule has 1 amide bonds. The number of carbonyl (C=O) groups is 2. The van der Waals surface area contributed by atoms with E-state index >= 15 is 0 Å². The van der Waals surface area contributed by atoms with Crippen molar-refractivity contribution in [1.82, 2.24) is 4.90 Å². The third kappa shape index (κ3) is 3.87. The van der Waals surface area contributed by atoms with E-state index in [1.54, 1.807) is 13.0 Å². The minimum atomic E-state index is -3.63. The van der Waals surface area contributed by atoms with Crippen LogP contribution in [0.2, 0.25) is 0 Å². The number of amides is 1. The number of halogens is 1. The summed E-state index contributed by atoms with van der Waals surface area (Å²) in [6.07, 6.45) is 0.0361. The van der Waals surface area contributed by atoms with Gasteiger partial charge in [-0.3, -0.25) is 4.79 Å². The lowest BCUT2D eigenvalue weighted by Gasteiger charge is -2.18. The summed E-state index contributed by atoms with van der Waals surface area (Å²) in [6, 6.07) is 5.69. The van der Waals surface area contributed by atoms with E-state index in [0.717, 1.165) is 4.90 Å². The van der Waals surface area contributed by atoms with Gasteiger partial charge in [0, 0.05) is 18.7 Å². The molecule has 0 saturated carbocycles. The number of hydrogen-bond acceptors (Lipinski definition) is 5. The highest BCUT2D eigenvalue weighted by atomic mass is 32.2. The first-order chi connectivity index (χ1) is 10.9. The predicted octanol–water partition coefficient (Wildman–Crippen LogP) is 1.08. The third-order valence-electron chi connectivity index (χ3n) is 3.73. The molecule has 0 aliphatic carbocycles. The number of ether oxygens (including phenoxy) is 1. The van der Waals surface area contributed by atoms with Crippen LogP contribution in [0.3, 0.4) is 0 Å². The molecule has 0 N–H and O–H groups in total. The third-order valence-corrected chi connectivity index (χ3v) is 5.84. The largest absolute Gasteiger partial charge is 0.459 e. The molecule has 0 radical (unpaired) electrons. The van der Waals surface area contributed by atoms with Crippen molar-refractivity contribution >= 4 is 21.7 Å². The van der Waals surface area contributed by atoms with Crippen LogP contribution in [0.25, 0.3) is 0 Å². The van der Waals surface area contributed by atoms with Gasteiger partial charge < -0.3 is 9.64 Å². The highest BCUT2D eigenvalue weighted by molar-refractivity contribution is 7.91. The molecule has 1 aromatic carbocycles. The summed E-state index contributed by atoms with van der Waals surface area (Å²) in [5, 5.41) is -1.02. The quantitative estimate of drug-likeness (QED) is 0.593. The van der Waals surface area contributed by atoms with Crippen molar-refractivity contribution in [3.05, 3.63) is 35.6 Å². The minimum Gasteiger partial charge on any atom is -0.459 e. The molecule has 1 fully saturated rings. The fourth-order valence-electron chi connectivity index (χ4n) is 2.55. The van der Waals surface area contributed by atoms with Crippen molar-refractivity contribution in [3.63, 3.8) is 0 Å². The molecule has 0 spiro atoms. The molecular formula is C15H18FNO5S. The molecule has 6 nitrogen and oxygen atoms in total. The highest BCUT2D eigenvalue weighted by Gasteiger charge is 2.35. The average molecular weight is 343 g/mol. The van der Waals surface area contributed by atoms with Crippen molar-refractivity contribution in [2.75, 3.05) is 25.4 Å². The van der Waals surface area contributed by atoms with Crippen LogP contribution < -0.4 is 0 Å². The Hall–Kier alpha value is -1.96. The molecule has 0 bridgehead atoms. The maximum atomic E-state index is 13.9. The molecule has 126 valence electrons. The van der Waals surface area contributed by atoms with Crippen LogP contribution in [-0.2, 0) is 24.2 Å². The predicted molar refractivity (Wildman–Crippen MR) is 80.8 cm³/mol. The Morgan fingerprint density at radius 1 is 1.30 bits per heavy atom. The van der Waals surface area contributed by atoms with Crippen LogP contribution in [0, 0.1) is 5.82 Å². The van der Waals surface area contributed by atoms with E-state index in [0.29, 0.717) is 0 Å². The second-order valence-corrected chi connectivity index (χ2v) is 7.48. The zero-order valence-electron chi connectivity index (χ0n) is 12.7. The molecule has 1 unspecified atom stereocenters. The van der Waals surface area contributed by atoms with E-state index in [1.165, 1.54) is 18.2 Å². The van der Waals surface area contributed by atoms with Gasteiger partial charge in [-0.1, -0.05) is 18.2 Å². The maximum Gasteiger partial charge on any atom is 0.397 e. The van der Waals surface area contributed by atoms with Crippen LogP contribution in [0.15, 0.2) is 24.3 Å². The highest BCUT2D eigenvalue weighted by Crippen LogP contribution is 2.31. The summed E-state index contributed by atoms with van der Waals surface area (Å²) in [7, 11) is -3.63. The summed E-state index contributed by atoms with van der Waals surface area (Å²) < 4.78 is 43.4. The Bertz CT molecular complexity index is 704. The zero-order chi connectivity index (χ0) is 17.0.